The molecule has 0 atom stereocenters. The van der Waals surface area contributed by atoms with Crippen LogP contribution >= 0.6 is 0 Å². The SMILES string of the molecule is C/C(Cc1ccc(OCCCCC#N)cc1)=N/O. The van der Waals surface area contributed by atoms with Crippen LogP contribution in [0.2, 0.25) is 0 Å². The van der Waals surface area contributed by atoms with Gasteiger partial charge in [-0.25, -0.2) is 0 Å². The Hall–Kier alpha value is -2.02. The van der Waals surface area contributed by atoms with Crippen molar-refractivity contribution in [3.63, 3.8) is 0 Å². The number of hydrogen-bond donors (Lipinski definition) is 1. The molecule has 0 aliphatic rings. The maximum Gasteiger partial charge on any atom is 0.119 e. The summed E-state index contributed by atoms with van der Waals surface area (Å²) in [5.74, 6) is 0.828. The topological polar surface area (TPSA) is 65.6 Å². The van der Waals surface area contributed by atoms with Crippen molar-refractivity contribution >= 4 is 5.71 Å². The molecular weight excluding hydrogens is 228 g/mol. The number of oxime groups is 1. The predicted molar refractivity (Wildman–Crippen MR) is 70.0 cm³/mol. The molecular formula is C14H18N2O2. The Kier molecular flexibility index (Phi) is 6.34. The molecule has 0 spiro atoms. The molecule has 4 heteroatoms. The molecule has 0 aliphatic carbocycles. The predicted octanol–water partition coefficient (Wildman–Crippen LogP) is 3.15. The van der Waals surface area contributed by atoms with Gasteiger partial charge in [0.1, 0.15) is 5.75 Å². The van der Waals surface area contributed by atoms with Crippen LogP contribution in [0, 0.1) is 11.3 Å². The second kappa shape index (κ2) is 8.13. The van der Waals surface area contributed by atoms with Crippen LogP contribution < -0.4 is 4.74 Å². The molecule has 1 aromatic carbocycles. The van der Waals surface area contributed by atoms with Gasteiger partial charge in [0, 0.05) is 12.8 Å². The van der Waals surface area contributed by atoms with Crippen molar-refractivity contribution in [3.05, 3.63) is 29.8 Å². The molecule has 0 aromatic heterocycles. The van der Waals surface area contributed by atoms with E-state index in [1.807, 2.05) is 24.3 Å². The number of rotatable bonds is 7. The Morgan fingerprint density at radius 1 is 1.33 bits per heavy atom. The molecule has 0 saturated heterocycles. The van der Waals surface area contributed by atoms with Gasteiger partial charge in [-0.05, 0) is 37.5 Å². The van der Waals surface area contributed by atoms with Crippen LogP contribution in [0.4, 0.5) is 0 Å². The molecule has 0 aliphatic heterocycles. The van der Waals surface area contributed by atoms with Gasteiger partial charge in [-0.3, -0.25) is 0 Å². The van der Waals surface area contributed by atoms with Gasteiger partial charge in [-0.2, -0.15) is 5.26 Å². The van der Waals surface area contributed by atoms with Gasteiger partial charge < -0.3 is 9.94 Å². The van der Waals surface area contributed by atoms with E-state index in [1.165, 1.54) is 0 Å². The third kappa shape index (κ3) is 5.35. The van der Waals surface area contributed by atoms with E-state index in [0.717, 1.165) is 24.2 Å². The molecule has 0 amide bonds. The fraction of sp³-hybridized carbons (Fsp3) is 0.429. The smallest absolute Gasteiger partial charge is 0.119 e. The molecule has 0 fully saturated rings. The summed E-state index contributed by atoms with van der Waals surface area (Å²) in [6.45, 7) is 2.41. The molecule has 0 heterocycles. The zero-order valence-corrected chi connectivity index (χ0v) is 10.6. The summed E-state index contributed by atoms with van der Waals surface area (Å²) in [4.78, 5) is 0. The quantitative estimate of drug-likeness (QED) is 0.348. The monoisotopic (exact) mass is 246 g/mol. The molecule has 1 aromatic rings. The van der Waals surface area contributed by atoms with E-state index in [0.29, 0.717) is 25.2 Å². The number of nitriles is 1. The van der Waals surface area contributed by atoms with Crippen LogP contribution in [0.25, 0.3) is 0 Å². The van der Waals surface area contributed by atoms with Crippen LogP contribution in [0.15, 0.2) is 29.4 Å². The van der Waals surface area contributed by atoms with Crippen molar-refractivity contribution in [3.8, 4) is 11.8 Å². The number of nitrogens with zero attached hydrogens (tertiary/aromatic N) is 2. The van der Waals surface area contributed by atoms with Crippen molar-refractivity contribution in [2.75, 3.05) is 6.61 Å². The van der Waals surface area contributed by atoms with Crippen LogP contribution in [0.3, 0.4) is 0 Å². The summed E-state index contributed by atoms with van der Waals surface area (Å²) in [7, 11) is 0. The van der Waals surface area contributed by atoms with Gasteiger partial charge in [0.2, 0.25) is 0 Å². The van der Waals surface area contributed by atoms with E-state index in [2.05, 4.69) is 11.2 Å². The van der Waals surface area contributed by atoms with Crippen LogP contribution in [0.5, 0.6) is 5.75 Å². The zero-order valence-electron chi connectivity index (χ0n) is 10.6. The summed E-state index contributed by atoms with van der Waals surface area (Å²) < 4.78 is 5.55. The molecule has 96 valence electrons. The molecule has 4 nitrogen and oxygen atoms in total. The second-order valence-electron chi connectivity index (χ2n) is 4.12. The summed E-state index contributed by atoms with van der Waals surface area (Å²) in [5, 5.41) is 20.1. The maximum atomic E-state index is 8.58. The highest BCUT2D eigenvalue weighted by Gasteiger charge is 1.98. The summed E-state index contributed by atoms with van der Waals surface area (Å²) in [6.07, 6.45) is 2.99. The van der Waals surface area contributed by atoms with E-state index in [4.69, 9.17) is 15.2 Å². The van der Waals surface area contributed by atoms with Crippen molar-refractivity contribution in [2.45, 2.75) is 32.6 Å². The highest BCUT2D eigenvalue weighted by molar-refractivity contribution is 5.83. The van der Waals surface area contributed by atoms with E-state index < -0.39 is 0 Å². The van der Waals surface area contributed by atoms with Crippen LogP contribution in [-0.2, 0) is 6.42 Å². The first-order valence-corrected chi connectivity index (χ1v) is 6.02. The first-order valence-electron chi connectivity index (χ1n) is 6.02. The minimum Gasteiger partial charge on any atom is -0.494 e. The minimum atomic E-state index is 0.585. The van der Waals surface area contributed by atoms with E-state index in [9.17, 15) is 0 Å². The lowest BCUT2D eigenvalue weighted by Gasteiger charge is -2.06. The summed E-state index contributed by atoms with van der Waals surface area (Å²) >= 11 is 0. The highest BCUT2D eigenvalue weighted by Crippen LogP contribution is 2.13. The lowest BCUT2D eigenvalue weighted by Crippen LogP contribution is -1.99. The Labute approximate surface area is 108 Å². The van der Waals surface area contributed by atoms with E-state index >= 15 is 0 Å². The maximum absolute atomic E-state index is 8.58. The first kappa shape index (κ1) is 14.0. The van der Waals surface area contributed by atoms with Gasteiger partial charge in [-0.1, -0.05) is 17.3 Å². The molecule has 1 rings (SSSR count). The molecule has 0 radical (unpaired) electrons. The number of ether oxygens (including phenoxy) is 1. The van der Waals surface area contributed by atoms with E-state index in [-0.39, 0.29) is 0 Å². The molecule has 0 saturated carbocycles. The van der Waals surface area contributed by atoms with Gasteiger partial charge in [0.15, 0.2) is 0 Å². The van der Waals surface area contributed by atoms with E-state index in [1.54, 1.807) is 6.92 Å². The molecule has 0 bridgehead atoms. The molecule has 0 unspecified atom stereocenters. The standard InChI is InChI=1S/C14H18N2O2/c1-12(16-17)11-13-5-7-14(8-6-13)18-10-4-2-3-9-15/h5-8,17H,2-4,10-11H2,1H3/b16-12-. The normalized spacial score (nSPS) is 11.0. The average Bonchev–Trinajstić information content (AvgIpc) is 2.40. The first-order chi connectivity index (χ1) is 8.76. The van der Waals surface area contributed by atoms with Gasteiger partial charge in [0.05, 0.1) is 18.4 Å². The van der Waals surface area contributed by atoms with Crippen molar-refractivity contribution in [1.29, 1.82) is 5.26 Å². The molecule has 18 heavy (non-hydrogen) atoms. The lowest BCUT2D eigenvalue weighted by atomic mass is 10.1. The summed E-state index contributed by atoms with van der Waals surface area (Å²) in [6, 6.07) is 9.84. The van der Waals surface area contributed by atoms with Crippen molar-refractivity contribution in [1.82, 2.24) is 0 Å². The average molecular weight is 246 g/mol. The van der Waals surface area contributed by atoms with Crippen molar-refractivity contribution in [2.24, 2.45) is 5.16 Å². The van der Waals surface area contributed by atoms with Gasteiger partial charge in [-0.15, -0.1) is 0 Å². The molecule has 1 N–H and O–H groups in total. The summed E-state index contributed by atoms with van der Waals surface area (Å²) in [5.41, 5.74) is 1.77. The second-order valence-corrected chi connectivity index (χ2v) is 4.12. The van der Waals surface area contributed by atoms with Gasteiger partial charge in [0.25, 0.3) is 0 Å². The zero-order chi connectivity index (χ0) is 13.2. The lowest BCUT2D eigenvalue weighted by molar-refractivity contribution is 0.307. The Bertz CT molecular complexity index is 418. The number of hydrogen-bond acceptors (Lipinski definition) is 4. The highest BCUT2D eigenvalue weighted by atomic mass is 16.5. The van der Waals surface area contributed by atoms with Crippen LogP contribution in [0.1, 0.15) is 31.7 Å². The number of benzene rings is 1. The third-order valence-corrected chi connectivity index (χ3v) is 2.51. The largest absolute Gasteiger partial charge is 0.494 e. The Balaban J connectivity index is 2.34. The number of unbranched alkanes of at least 4 members (excludes halogenated alkanes) is 2. The fourth-order valence-electron chi connectivity index (χ4n) is 1.53. The Morgan fingerprint density at radius 2 is 2.06 bits per heavy atom. The van der Waals surface area contributed by atoms with Crippen molar-refractivity contribution < 1.29 is 9.94 Å². The Morgan fingerprint density at radius 3 is 2.67 bits per heavy atom. The van der Waals surface area contributed by atoms with Gasteiger partial charge >= 0.3 is 0 Å². The fourth-order valence-corrected chi connectivity index (χ4v) is 1.53. The third-order valence-electron chi connectivity index (χ3n) is 2.51. The minimum absolute atomic E-state index is 0.585. The van der Waals surface area contributed by atoms with Crippen LogP contribution in [-0.4, -0.2) is 17.5 Å².